The van der Waals surface area contributed by atoms with Gasteiger partial charge < -0.3 is 15.0 Å². The number of thioether (sulfide) groups is 1. The lowest BCUT2D eigenvalue weighted by Gasteiger charge is -2.14. The predicted molar refractivity (Wildman–Crippen MR) is 104 cm³/mol. The van der Waals surface area contributed by atoms with Crippen LogP contribution >= 0.6 is 23.4 Å². The summed E-state index contributed by atoms with van der Waals surface area (Å²) in [6.07, 6.45) is 2.06. The summed E-state index contributed by atoms with van der Waals surface area (Å²) in [5.74, 6) is 0.771. The molecule has 6 heteroatoms. The molecule has 0 aliphatic heterocycles. The van der Waals surface area contributed by atoms with Crippen LogP contribution < -0.4 is 15.0 Å². The molecule has 4 nitrogen and oxygen atoms in total. The van der Waals surface area contributed by atoms with Crippen molar-refractivity contribution in [3.63, 3.8) is 0 Å². The molecular weight excluding hydrogens is 356 g/mol. The van der Waals surface area contributed by atoms with Crippen molar-refractivity contribution in [3.05, 3.63) is 59.1 Å². The standard InChI is InChI=1S/C19H23ClN2O2S/c1-22(13-15-3-9-18(25-2)10-4-15)14-19(23)21-11-12-24-17-7-5-16(20)6-8-17/h3-10H,11-14H2,1-2H3,(H,21,23)/p+1. The minimum absolute atomic E-state index is 0.0259. The lowest BCUT2D eigenvalue weighted by atomic mass is 10.2. The topological polar surface area (TPSA) is 42.8 Å². The maximum atomic E-state index is 12.0. The molecule has 2 rings (SSSR count). The van der Waals surface area contributed by atoms with Crippen LogP contribution in [0.5, 0.6) is 5.75 Å². The normalized spacial score (nSPS) is 11.8. The fraction of sp³-hybridized carbons (Fsp3) is 0.316. The van der Waals surface area contributed by atoms with Crippen molar-refractivity contribution in [1.82, 2.24) is 5.32 Å². The first-order valence-corrected chi connectivity index (χ1v) is 9.76. The molecule has 0 aromatic heterocycles. The molecule has 134 valence electrons. The van der Waals surface area contributed by atoms with E-state index in [9.17, 15) is 4.79 Å². The molecule has 2 N–H and O–H groups in total. The summed E-state index contributed by atoms with van der Waals surface area (Å²) in [5, 5.41) is 3.56. The highest BCUT2D eigenvalue weighted by Gasteiger charge is 2.10. The quantitative estimate of drug-likeness (QED) is 0.519. The number of ether oxygens (including phenoxy) is 1. The van der Waals surface area contributed by atoms with E-state index in [1.165, 1.54) is 10.5 Å². The molecule has 0 aliphatic carbocycles. The third-order valence-electron chi connectivity index (χ3n) is 3.63. The van der Waals surface area contributed by atoms with Gasteiger partial charge in [0.05, 0.1) is 13.6 Å². The molecule has 0 saturated carbocycles. The SMILES string of the molecule is CSc1ccc(C[NH+](C)CC(=O)NCCOc2ccc(Cl)cc2)cc1. The van der Waals surface area contributed by atoms with Gasteiger partial charge in [0.15, 0.2) is 6.54 Å². The zero-order chi connectivity index (χ0) is 18.1. The van der Waals surface area contributed by atoms with Crippen LogP contribution in [-0.2, 0) is 11.3 Å². The van der Waals surface area contributed by atoms with Crippen LogP contribution in [-0.4, -0.2) is 38.9 Å². The van der Waals surface area contributed by atoms with Gasteiger partial charge in [0.1, 0.15) is 18.9 Å². The van der Waals surface area contributed by atoms with Crippen LogP contribution in [0.4, 0.5) is 0 Å². The van der Waals surface area contributed by atoms with Gasteiger partial charge in [0.25, 0.3) is 5.91 Å². The highest BCUT2D eigenvalue weighted by molar-refractivity contribution is 7.98. The van der Waals surface area contributed by atoms with E-state index in [2.05, 4.69) is 35.8 Å². The van der Waals surface area contributed by atoms with Gasteiger partial charge in [0.2, 0.25) is 0 Å². The van der Waals surface area contributed by atoms with Crippen LogP contribution in [0.1, 0.15) is 5.56 Å². The summed E-state index contributed by atoms with van der Waals surface area (Å²) in [6.45, 7) is 2.17. The molecule has 25 heavy (non-hydrogen) atoms. The molecule has 0 radical (unpaired) electrons. The minimum Gasteiger partial charge on any atom is -0.492 e. The Labute approximate surface area is 158 Å². The van der Waals surface area contributed by atoms with E-state index < -0.39 is 0 Å². The van der Waals surface area contributed by atoms with Gasteiger partial charge in [-0.05, 0) is 42.7 Å². The Morgan fingerprint density at radius 2 is 1.84 bits per heavy atom. The van der Waals surface area contributed by atoms with E-state index in [-0.39, 0.29) is 5.91 Å². The van der Waals surface area contributed by atoms with Crippen LogP contribution in [0.3, 0.4) is 0 Å². The second-order valence-electron chi connectivity index (χ2n) is 5.81. The molecule has 0 fully saturated rings. The molecule has 0 spiro atoms. The first-order chi connectivity index (χ1) is 12.1. The Balaban J connectivity index is 1.64. The zero-order valence-electron chi connectivity index (χ0n) is 14.5. The molecule has 2 aromatic rings. The second-order valence-corrected chi connectivity index (χ2v) is 7.13. The molecule has 0 saturated heterocycles. The molecule has 1 unspecified atom stereocenters. The van der Waals surface area contributed by atoms with Gasteiger partial charge in [-0.3, -0.25) is 4.79 Å². The van der Waals surface area contributed by atoms with Gasteiger partial charge in [0, 0.05) is 15.5 Å². The average molecular weight is 380 g/mol. The van der Waals surface area contributed by atoms with Crippen molar-refractivity contribution in [3.8, 4) is 5.75 Å². The van der Waals surface area contributed by atoms with Crippen molar-refractivity contribution >= 4 is 29.3 Å². The number of rotatable bonds is 9. The Hall–Kier alpha value is -1.69. The van der Waals surface area contributed by atoms with E-state index in [1.54, 1.807) is 23.9 Å². The van der Waals surface area contributed by atoms with Gasteiger partial charge in [-0.1, -0.05) is 23.7 Å². The summed E-state index contributed by atoms with van der Waals surface area (Å²) < 4.78 is 5.55. The van der Waals surface area contributed by atoms with Gasteiger partial charge in [-0.2, -0.15) is 0 Å². The number of benzene rings is 2. The second kappa shape index (κ2) is 10.3. The van der Waals surface area contributed by atoms with Gasteiger partial charge >= 0.3 is 0 Å². The number of nitrogens with one attached hydrogen (secondary N) is 2. The summed E-state index contributed by atoms with van der Waals surface area (Å²) in [6, 6.07) is 15.6. The maximum absolute atomic E-state index is 12.0. The number of hydrogen-bond acceptors (Lipinski definition) is 3. The van der Waals surface area contributed by atoms with Crippen molar-refractivity contribution in [2.45, 2.75) is 11.4 Å². The molecule has 0 heterocycles. The maximum Gasteiger partial charge on any atom is 0.275 e. The lowest BCUT2D eigenvalue weighted by molar-refractivity contribution is -0.885. The molecule has 1 amide bonds. The zero-order valence-corrected chi connectivity index (χ0v) is 16.1. The van der Waals surface area contributed by atoms with Crippen molar-refractivity contribution in [1.29, 1.82) is 0 Å². The van der Waals surface area contributed by atoms with Crippen molar-refractivity contribution in [2.75, 3.05) is 33.0 Å². The van der Waals surface area contributed by atoms with Crippen LogP contribution in [0.25, 0.3) is 0 Å². The monoisotopic (exact) mass is 379 g/mol. The highest BCUT2D eigenvalue weighted by Crippen LogP contribution is 2.15. The van der Waals surface area contributed by atoms with E-state index in [4.69, 9.17) is 16.3 Å². The molecule has 0 aliphatic rings. The van der Waals surface area contributed by atoms with Crippen molar-refractivity contribution < 1.29 is 14.4 Å². The smallest absolute Gasteiger partial charge is 0.275 e. The Morgan fingerprint density at radius 1 is 1.16 bits per heavy atom. The Bertz CT molecular complexity index is 662. The number of halogens is 1. The third-order valence-corrected chi connectivity index (χ3v) is 4.63. The largest absolute Gasteiger partial charge is 0.492 e. The number of carbonyl (C=O) groups is 1. The number of hydrogen-bond donors (Lipinski definition) is 2. The average Bonchev–Trinajstić information content (AvgIpc) is 2.61. The van der Waals surface area contributed by atoms with Crippen molar-refractivity contribution in [2.24, 2.45) is 0 Å². The number of amides is 1. The molecule has 2 aromatic carbocycles. The number of quaternary nitrogens is 1. The highest BCUT2D eigenvalue weighted by atomic mass is 35.5. The van der Waals surface area contributed by atoms with Crippen LogP contribution in [0.15, 0.2) is 53.4 Å². The Morgan fingerprint density at radius 3 is 2.48 bits per heavy atom. The van der Waals surface area contributed by atoms with E-state index >= 15 is 0 Å². The first-order valence-electron chi connectivity index (χ1n) is 8.16. The predicted octanol–water partition coefficient (Wildman–Crippen LogP) is 2.27. The fourth-order valence-electron chi connectivity index (χ4n) is 2.38. The first kappa shape index (κ1) is 19.6. The molecule has 1 atom stereocenters. The fourth-order valence-corrected chi connectivity index (χ4v) is 2.92. The lowest BCUT2D eigenvalue weighted by Crippen LogP contribution is -3.08. The minimum atomic E-state index is 0.0259. The summed E-state index contributed by atoms with van der Waals surface area (Å²) >= 11 is 7.55. The molecule has 0 bridgehead atoms. The van der Waals surface area contributed by atoms with E-state index in [1.807, 2.05) is 19.2 Å². The van der Waals surface area contributed by atoms with E-state index in [0.29, 0.717) is 24.7 Å². The number of carbonyl (C=O) groups excluding carboxylic acids is 1. The van der Waals surface area contributed by atoms with Gasteiger partial charge in [-0.25, -0.2) is 0 Å². The van der Waals surface area contributed by atoms with Crippen LogP contribution in [0, 0.1) is 0 Å². The molecular formula is C19H24ClN2O2S+. The number of likely N-dealkylation sites (N-methyl/N-ethyl adjacent to an activating group) is 1. The summed E-state index contributed by atoms with van der Waals surface area (Å²) in [4.78, 5) is 14.4. The van der Waals surface area contributed by atoms with E-state index in [0.717, 1.165) is 17.2 Å². The Kier molecular flexibility index (Phi) is 8.12. The summed E-state index contributed by atoms with van der Waals surface area (Å²) in [5.41, 5.74) is 1.23. The third kappa shape index (κ3) is 7.38. The van der Waals surface area contributed by atoms with Crippen LogP contribution in [0.2, 0.25) is 5.02 Å². The summed E-state index contributed by atoms with van der Waals surface area (Å²) in [7, 11) is 2.02. The van der Waals surface area contributed by atoms with Gasteiger partial charge in [-0.15, -0.1) is 11.8 Å².